The summed E-state index contributed by atoms with van der Waals surface area (Å²) in [5.41, 5.74) is 0.0624. The third-order valence-corrected chi connectivity index (χ3v) is 4.37. The van der Waals surface area contributed by atoms with Crippen molar-refractivity contribution in [3.63, 3.8) is 0 Å². The normalized spacial score (nSPS) is 20.1. The minimum absolute atomic E-state index is 0.0444. The smallest absolute Gasteiger partial charge is 0.348 e. The predicted octanol–water partition coefficient (Wildman–Crippen LogP) is 1.78. The lowest BCUT2D eigenvalue weighted by Gasteiger charge is -2.36. The summed E-state index contributed by atoms with van der Waals surface area (Å²) in [6.45, 7) is 6.78. The lowest BCUT2D eigenvalue weighted by Crippen LogP contribution is -2.46. The standard InChI is InChI=1S/C20H22N4O4/c1-4-27-20(26)15(10-21)9-16-18(23-11-13(2)28-14(3)12-23)22-17-7-5-6-8-24(17)19(16)25/h5-9,13-14H,4,11-12H2,1-3H3/b15-9-/t13-,14-/m1/s1. The zero-order chi connectivity index (χ0) is 20.3. The first-order chi connectivity index (χ1) is 13.4. The first kappa shape index (κ1) is 19.6. The zero-order valence-corrected chi connectivity index (χ0v) is 16.1. The number of hydrogen-bond acceptors (Lipinski definition) is 7. The van der Waals surface area contributed by atoms with Gasteiger partial charge in [0.2, 0.25) is 0 Å². The molecule has 2 aromatic heterocycles. The van der Waals surface area contributed by atoms with E-state index < -0.39 is 5.97 Å². The molecule has 1 fully saturated rings. The number of anilines is 1. The number of pyridine rings is 1. The highest BCUT2D eigenvalue weighted by Crippen LogP contribution is 2.23. The Hall–Kier alpha value is -3.18. The number of aromatic nitrogens is 2. The molecule has 1 aliphatic rings. The number of ether oxygens (including phenoxy) is 2. The molecule has 146 valence electrons. The summed E-state index contributed by atoms with van der Waals surface area (Å²) in [4.78, 5) is 31.8. The first-order valence-corrected chi connectivity index (χ1v) is 9.15. The topological polar surface area (TPSA) is 96.9 Å². The maximum Gasteiger partial charge on any atom is 0.348 e. The van der Waals surface area contributed by atoms with Crippen molar-refractivity contribution in [1.82, 2.24) is 9.38 Å². The van der Waals surface area contributed by atoms with Gasteiger partial charge in [-0.3, -0.25) is 9.20 Å². The molecule has 2 atom stereocenters. The van der Waals surface area contributed by atoms with Crippen molar-refractivity contribution >= 4 is 23.5 Å². The third-order valence-electron chi connectivity index (χ3n) is 4.37. The Labute approximate surface area is 162 Å². The Morgan fingerprint density at radius 2 is 2.11 bits per heavy atom. The Bertz CT molecular complexity index is 1010. The van der Waals surface area contributed by atoms with Crippen LogP contribution in [0.5, 0.6) is 0 Å². The van der Waals surface area contributed by atoms with Gasteiger partial charge >= 0.3 is 5.97 Å². The highest BCUT2D eigenvalue weighted by atomic mass is 16.5. The summed E-state index contributed by atoms with van der Waals surface area (Å²) in [6.07, 6.45) is 2.79. The van der Waals surface area contributed by atoms with Gasteiger partial charge in [0.05, 0.1) is 24.4 Å². The van der Waals surface area contributed by atoms with E-state index in [2.05, 4.69) is 4.98 Å². The molecular formula is C20H22N4O4. The molecule has 0 amide bonds. The van der Waals surface area contributed by atoms with E-state index in [0.29, 0.717) is 24.6 Å². The fourth-order valence-electron chi connectivity index (χ4n) is 3.30. The minimum Gasteiger partial charge on any atom is -0.462 e. The summed E-state index contributed by atoms with van der Waals surface area (Å²) in [6, 6.07) is 7.08. The zero-order valence-electron chi connectivity index (χ0n) is 16.1. The van der Waals surface area contributed by atoms with E-state index >= 15 is 0 Å². The molecule has 1 aliphatic heterocycles. The van der Waals surface area contributed by atoms with E-state index in [1.54, 1.807) is 31.3 Å². The maximum absolute atomic E-state index is 13.1. The van der Waals surface area contributed by atoms with E-state index in [-0.39, 0.29) is 35.5 Å². The van der Waals surface area contributed by atoms with Crippen molar-refractivity contribution in [1.29, 1.82) is 5.26 Å². The van der Waals surface area contributed by atoms with Crippen molar-refractivity contribution in [3.05, 3.63) is 45.9 Å². The van der Waals surface area contributed by atoms with Crippen molar-refractivity contribution in [3.8, 4) is 6.07 Å². The molecule has 8 nitrogen and oxygen atoms in total. The van der Waals surface area contributed by atoms with Crippen molar-refractivity contribution in [2.45, 2.75) is 33.0 Å². The van der Waals surface area contributed by atoms with Crippen LogP contribution in [0.4, 0.5) is 5.82 Å². The molecule has 3 rings (SSSR count). The van der Waals surface area contributed by atoms with E-state index in [1.165, 1.54) is 10.5 Å². The van der Waals surface area contributed by atoms with Gasteiger partial charge in [-0.15, -0.1) is 0 Å². The number of esters is 1. The van der Waals surface area contributed by atoms with Crippen LogP contribution in [-0.4, -0.2) is 47.3 Å². The molecule has 0 radical (unpaired) electrons. The second-order valence-corrected chi connectivity index (χ2v) is 6.64. The molecule has 2 aromatic rings. The fourth-order valence-corrected chi connectivity index (χ4v) is 3.30. The van der Waals surface area contributed by atoms with Crippen LogP contribution in [0.15, 0.2) is 34.8 Å². The number of fused-ring (bicyclic) bond motifs is 1. The molecule has 0 bridgehead atoms. The fraction of sp³-hybridized carbons (Fsp3) is 0.400. The van der Waals surface area contributed by atoms with Gasteiger partial charge in [0, 0.05) is 19.3 Å². The molecule has 1 saturated heterocycles. The molecule has 8 heteroatoms. The van der Waals surface area contributed by atoms with Gasteiger partial charge < -0.3 is 14.4 Å². The molecule has 0 aromatic carbocycles. The van der Waals surface area contributed by atoms with Crippen molar-refractivity contribution in [2.24, 2.45) is 0 Å². The summed E-state index contributed by atoms with van der Waals surface area (Å²) in [5.74, 6) is -0.340. The predicted molar refractivity (Wildman–Crippen MR) is 104 cm³/mol. The average Bonchev–Trinajstić information content (AvgIpc) is 2.66. The van der Waals surface area contributed by atoms with E-state index in [0.717, 1.165) is 0 Å². The lowest BCUT2D eigenvalue weighted by molar-refractivity contribution is -0.137. The van der Waals surface area contributed by atoms with Gasteiger partial charge in [0.1, 0.15) is 23.1 Å². The summed E-state index contributed by atoms with van der Waals surface area (Å²) < 4.78 is 12.1. The second kappa shape index (κ2) is 8.23. The van der Waals surface area contributed by atoms with Crippen LogP contribution in [0.3, 0.4) is 0 Å². The van der Waals surface area contributed by atoms with Crippen LogP contribution in [0.25, 0.3) is 11.7 Å². The number of nitrogens with zero attached hydrogens (tertiary/aromatic N) is 4. The largest absolute Gasteiger partial charge is 0.462 e. The van der Waals surface area contributed by atoms with Gasteiger partial charge in [0.15, 0.2) is 0 Å². The van der Waals surface area contributed by atoms with Gasteiger partial charge in [0.25, 0.3) is 5.56 Å². The molecule has 0 saturated carbocycles. The summed E-state index contributed by atoms with van der Waals surface area (Å²) >= 11 is 0. The van der Waals surface area contributed by atoms with Crippen molar-refractivity contribution < 1.29 is 14.3 Å². The van der Waals surface area contributed by atoms with Crippen LogP contribution in [-0.2, 0) is 14.3 Å². The van der Waals surface area contributed by atoms with Crippen LogP contribution in [0.1, 0.15) is 26.3 Å². The van der Waals surface area contributed by atoms with Gasteiger partial charge in [-0.25, -0.2) is 9.78 Å². The van der Waals surface area contributed by atoms with Gasteiger partial charge in [-0.1, -0.05) is 6.07 Å². The van der Waals surface area contributed by atoms with Crippen LogP contribution < -0.4 is 10.5 Å². The molecule has 0 aliphatic carbocycles. The molecule has 0 unspecified atom stereocenters. The molecule has 0 spiro atoms. The number of nitriles is 1. The van der Waals surface area contributed by atoms with Crippen molar-refractivity contribution in [2.75, 3.05) is 24.6 Å². The number of carbonyl (C=O) groups is 1. The maximum atomic E-state index is 13.1. The van der Waals surface area contributed by atoms with Crippen LogP contribution >= 0.6 is 0 Å². The monoisotopic (exact) mass is 382 g/mol. The van der Waals surface area contributed by atoms with Gasteiger partial charge in [-0.2, -0.15) is 5.26 Å². The lowest BCUT2D eigenvalue weighted by atomic mass is 10.1. The van der Waals surface area contributed by atoms with Crippen LogP contribution in [0, 0.1) is 11.3 Å². The van der Waals surface area contributed by atoms with E-state index in [4.69, 9.17) is 9.47 Å². The van der Waals surface area contributed by atoms with Gasteiger partial charge in [-0.05, 0) is 39.0 Å². The SMILES string of the molecule is CCOC(=O)/C(C#N)=C\c1c(N2C[C@@H](C)O[C@H](C)C2)nc2ccccn2c1=O. The Morgan fingerprint density at radius 3 is 2.75 bits per heavy atom. The Morgan fingerprint density at radius 1 is 1.39 bits per heavy atom. The molecule has 0 N–H and O–H groups in total. The quantitative estimate of drug-likeness (QED) is 0.452. The Balaban J connectivity index is 2.21. The third kappa shape index (κ3) is 3.89. The highest BCUT2D eigenvalue weighted by molar-refractivity contribution is 5.98. The van der Waals surface area contributed by atoms with Crippen LogP contribution in [0.2, 0.25) is 0 Å². The summed E-state index contributed by atoms with van der Waals surface area (Å²) in [7, 11) is 0. The Kier molecular flexibility index (Phi) is 5.76. The molecule has 28 heavy (non-hydrogen) atoms. The number of carbonyl (C=O) groups excluding carboxylic acids is 1. The second-order valence-electron chi connectivity index (χ2n) is 6.64. The van der Waals surface area contributed by atoms with E-state index in [1.807, 2.05) is 24.8 Å². The minimum atomic E-state index is -0.766. The number of morpholine rings is 1. The number of hydrogen-bond donors (Lipinski definition) is 0. The first-order valence-electron chi connectivity index (χ1n) is 9.15. The molecular weight excluding hydrogens is 360 g/mol. The highest BCUT2D eigenvalue weighted by Gasteiger charge is 2.27. The average molecular weight is 382 g/mol. The molecule has 3 heterocycles. The summed E-state index contributed by atoms with van der Waals surface area (Å²) in [5, 5.41) is 9.39. The number of rotatable bonds is 4. The van der Waals surface area contributed by atoms with E-state index in [9.17, 15) is 14.9 Å².